The van der Waals surface area contributed by atoms with E-state index in [1.54, 1.807) is 4.90 Å². The van der Waals surface area contributed by atoms with Gasteiger partial charge in [-0.2, -0.15) is 5.10 Å². The van der Waals surface area contributed by atoms with Crippen LogP contribution < -0.4 is 0 Å². The minimum absolute atomic E-state index is 0.169. The molecular formula is C16H20N4O. The number of nitrogens with zero attached hydrogens (tertiary/aromatic N) is 3. The van der Waals surface area contributed by atoms with Gasteiger partial charge in [0.05, 0.1) is 12.0 Å². The summed E-state index contributed by atoms with van der Waals surface area (Å²) in [5.41, 5.74) is 0.778. The molecule has 0 radical (unpaired) electrons. The maximum absolute atomic E-state index is 12.9. The van der Waals surface area contributed by atoms with Crippen LogP contribution in [-0.4, -0.2) is 33.0 Å². The third-order valence-corrected chi connectivity index (χ3v) is 4.31. The molecule has 1 saturated carbocycles. The number of H-pyrrole nitrogens is 1. The normalized spacial score (nSPS) is 16.3. The molecule has 1 heterocycles. The van der Waals surface area contributed by atoms with Crippen LogP contribution >= 0.6 is 0 Å². The number of carbonyl (C=O) groups excluding carboxylic acids is 1. The van der Waals surface area contributed by atoms with Gasteiger partial charge in [-0.1, -0.05) is 36.8 Å². The summed E-state index contributed by atoms with van der Waals surface area (Å²) in [5.74, 6) is 1.60. The fourth-order valence-corrected chi connectivity index (χ4v) is 3.02. The maximum atomic E-state index is 12.9. The monoisotopic (exact) mass is 284 g/mol. The van der Waals surface area contributed by atoms with Crippen LogP contribution in [0.1, 0.15) is 36.5 Å². The fraction of sp³-hybridized carbons (Fsp3) is 0.438. The van der Waals surface area contributed by atoms with Crippen molar-refractivity contribution in [1.82, 2.24) is 20.1 Å². The molecule has 1 aliphatic carbocycles. The lowest BCUT2D eigenvalue weighted by Crippen LogP contribution is -2.49. The van der Waals surface area contributed by atoms with Crippen LogP contribution in [0, 0.1) is 6.92 Å². The van der Waals surface area contributed by atoms with E-state index in [2.05, 4.69) is 27.3 Å². The van der Waals surface area contributed by atoms with Gasteiger partial charge in [-0.15, -0.1) is 0 Å². The smallest absolute Gasteiger partial charge is 0.233 e. The van der Waals surface area contributed by atoms with Crippen LogP contribution in [0.4, 0.5) is 0 Å². The molecule has 2 aromatic rings. The van der Waals surface area contributed by atoms with E-state index in [4.69, 9.17) is 0 Å². The van der Waals surface area contributed by atoms with Crippen LogP contribution in [0.3, 0.4) is 0 Å². The van der Waals surface area contributed by atoms with Crippen molar-refractivity contribution in [2.24, 2.45) is 0 Å². The average molecular weight is 284 g/mol. The molecule has 5 heteroatoms. The second kappa shape index (κ2) is 5.31. The number of carbonyl (C=O) groups is 1. The van der Waals surface area contributed by atoms with Gasteiger partial charge < -0.3 is 4.90 Å². The van der Waals surface area contributed by atoms with Gasteiger partial charge in [-0.3, -0.25) is 9.89 Å². The maximum Gasteiger partial charge on any atom is 0.233 e. The van der Waals surface area contributed by atoms with Crippen LogP contribution in [0.5, 0.6) is 0 Å². The van der Waals surface area contributed by atoms with Gasteiger partial charge >= 0.3 is 0 Å². The van der Waals surface area contributed by atoms with E-state index >= 15 is 0 Å². The van der Waals surface area contributed by atoms with Crippen molar-refractivity contribution >= 4 is 5.91 Å². The minimum Gasteiger partial charge on any atom is -0.337 e. The van der Waals surface area contributed by atoms with Crippen molar-refractivity contribution in [2.45, 2.75) is 38.1 Å². The molecule has 0 spiro atoms. The van der Waals surface area contributed by atoms with Gasteiger partial charge in [0.15, 0.2) is 5.82 Å². The summed E-state index contributed by atoms with van der Waals surface area (Å²) in [6.07, 6.45) is 2.95. The summed E-state index contributed by atoms with van der Waals surface area (Å²) in [7, 11) is 1.83. The number of rotatable bonds is 4. The molecule has 110 valence electrons. The highest BCUT2D eigenvalue weighted by atomic mass is 16.2. The molecule has 1 fully saturated rings. The first-order chi connectivity index (χ1) is 10.1. The summed E-state index contributed by atoms with van der Waals surface area (Å²) >= 11 is 0. The van der Waals surface area contributed by atoms with Gasteiger partial charge in [0.25, 0.3) is 0 Å². The number of likely N-dealkylation sites (N-methyl/N-ethyl adjacent to an activating group) is 1. The van der Waals surface area contributed by atoms with E-state index in [1.165, 1.54) is 0 Å². The van der Waals surface area contributed by atoms with E-state index in [9.17, 15) is 4.79 Å². The van der Waals surface area contributed by atoms with Gasteiger partial charge in [0.2, 0.25) is 5.91 Å². The van der Waals surface area contributed by atoms with Gasteiger partial charge in [0, 0.05) is 7.05 Å². The molecule has 1 aromatic carbocycles. The molecule has 0 saturated heterocycles. The molecule has 0 aliphatic heterocycles. The number of aromatic nitrogens is 3. The Morgan fingerprint density at radius 3 is 2.57 bits per heavy atom. The van der Waals surface area contributed by atoms with Crippen LogP contribution in [0.25, 0.3) is 0 Å². The average Bonchev–Trinajstić information content (AvgIpc) is 2.84. The topological polar surface area (TPSA) is 61.9 Å². The zero-order valence-electron chi connectivity index (χ0n) is 12.5. The number of hydrogen-bond acceptors (Lipinski definition) is 3. The second-order valence-electron chi connectivity index (χ2n) is 5.80. The Hall–Kier alpha value is -2.17. The molecular weight excluding hydrogens is 264 g/mol. The third kappa shape index (κ3) is 2.44. The molecule has 1 N–H and O–H groups in total. The first kappa shape index (κ1) is 13.8. The number of nitrogens with one attached hydrogen (secondary N) is 1. The summed E-state index contributed by atoms with van der Waals surface area (Å²) in [6, 6.07) is 10.1. The zero-order valence-corrected chi connectivity index (χ0v) is 12.5. The van der Waals surface area contributed by atoms with Crippen molar-refractivity contribution in [3.8, 4) is 0 Å². The fourth-order valence-electron chi connectivity index (χ4n) is 3.02. The summed E-state index contributed by atoms with van der Waals surface area (Å²) in [6.45, 7) is 2.30. The number of aromatic amines is 1. The van der Waals surface area contributed by atoms with Crippen molar-refractivity contribution < 1.29 is 4.79 Å². The SMILES string of the molecule is Cc1nc(CN(C)C(=O)C2(c3ccccc3)CCC2)n[nH]1. The number of amides is 1. The van der Waals surface area contributed by atoms with Crippen molar-refractivity contribution in [2.75, 3.05) is 7.05 Å². The first-order valence-corrected chi connectivity index (χ1v) is 7.31. The lowest BCUT2D eigenvalue weighted by Gasteiger charge is -2.43. The molecule has 1 aliphatic rings. The Bertz CT molecular complexity index is 631. The minimum atomic E-state index is -0.346. The Kier molecular flexibility index (Phi) is 3.49. The Morgan fingerprint density at radius 2 is 2.05 bits per heavy atom. The zero-order chi connectivity index (χ0) is 14.9. The molecule has 3 rings (SSSR count). The molecule has 0 bridgehead atoms. The summed E-state index contributed by atoms with van der Waals surface area (Å²) in [5, 5.41) is 6.92. The highest BCUT2D eigenvalue weighted by molar-refractivity contribution is 5.89. The Morgan fingerprint density at radius 1 is 1.33 bits per heavy atom. The van der Waals surface area contributed by atoms with Gasteiger partial charge in [0.1, 0.15) is 5.82 Å². The number of aryl methyl sites for hydroxylation is 1. The van der Waals surface area contributed by atoms with E-state index in [0.717, 1.165) is 30.7 Å². The quantitative estimate of drug-likeness (QED) is 0.936. The number of benzene rings is 1. The predicted octanol–water partition coefficient (Wildman–Crippen LogP) is 2.19. The van der Waals surface area contributed by atoms with Crippen LogP contribution in [-0.2, 0) is 16.8 Å². The summed E-state index contributed by atoms with van der Waals surface area (Å²) < 4.78 is 0. The lowest BCUT2D eigenvalue weighted by molar-refractivity contribution is -0.140. The molecule has 21 heavy (non-hydrogen) atoms. The Labute approximate surface area is 124 Å². The van der Waals surface area contributed by atoms with Crippen LogP contribution in [0.2, 0.25) is 0 Å². The highest BCUT2D eigenvalue weighted by Gasteiger charge is 2.46. The number of hydrogen-bond donors (Lipinski definition) is 1. The third-order valence-electron chi connectivity index (χ3n) is 4.31. The van der Waals surface area contributed by atoms with E-state index in [-0.39, 0.29) is 11.3 Å². The predicted molar refractivity (Wildman–Crippen MR) is 79.6 cm³/mol. The molecule has 0 unspecified atom stereocenters. The second-order valence-corrected chi connectivity index (χ2v) is 5.80. The Balaban J connectivity index is 1.79. The van der Waals surface area contributed by atoms with E-state index < -0.39 is 0 Å². The van der Waals surface area contributed by atoms with Crippen molar-refractivity contribution in [3.05, 3.63) is 47.5 Å². The van der Waals surface area contributed by atoms with E-state index in [1.807, 2.05) is 32.2 Å². The highest BCUT2D eigenvalue weighted by Crippen LogP contribution is 2.45. The molecule has 1 amide bonds. The first-order valence-electron chi connectivity index (χ1n) is 7.31. The standard InChI is InChI=1S/C16H20N4O/c1-12-17-14(19-18-12)11-20(2)15(21)16(9-6-10-16)13-7-4-3-5-8-13/h3-5,7-8H,6,9-11H2,1-2H3,(H,17,18,19). The van der Waals surface area contributed by atoms with Crippen molar-refractivity contribution in [3.63, 3.8) is 0 Å². The lowest BCUT2D eigenvalue weighted by atomic mass is 9.63. The van der Waals surface area contributed by atoms with E-state index in [0.29, 0.717) is 12.4 Å². The van der Waals surface area contributed by atoms with Crippen LogP contribution in [0.15, 0.2) is 30.3 Å². The molecule has 0 atom stereocenters. The largest absolute Gasteiger partial charge is 0.337 e. The molecule has 1 aromatic heterocycles. The summed E-state index contributed by atoms with van der Waals surface area (Å²) in [4.78, 5) is 18.9. The van der Waals surface area contributed by atoms with Gasteiger partial charge in [-0.25, -0.2) is 4.98 Å². The molecule has 5 nitrogen and oxygen atoms in total. The van der Waals surface area contributed by atoms with Crippen molar-refractivity contribution in [1.29, 1.82) is 0 Å². The van der Waals surface area contributed by atoms with Gasteiger partial charge in [-0.05, 0) is 25.3 Å².